The maximum Gasteiger partial charge on any atom is 0.409 e. The lowest BCUT2D eigenvalue weighted by atomic mass is 10.1. The average Bonchev–Trinajstić information content (AvgIpc) is 2.68. The van der Waals surface area contributed by atoms with Gasteiger partial charge in [-0.1, -0.05) is 29.8 Å². The Morgan fingerprint density at radius 1 is 1.11 bits per heavy atom. The molecule has 0 unspecified atom stereocenters. The van der Waals surface area contributed by atoms with Gasteiger partial charge in [0.15, 0.2) is 0 Å². The average molecular weight is 391 g/mol. The first-order chi connectivity index (χ1) is 12.9. The number of benzene rings is 2. The zero-order chi connectivity index (χ0) is 19.4. The van der Waals surface area contributed by atoms with E-state index in [9.17, 15) is 13.2 Å². The molecule has 0 radical (unpaired) electrons. The van der Waals surface area contributed by atoms with Crippen LogP contribution in [0.2, 0.25) is 0 Å². The molecule has 1 saturated heterocycles. The van der Waals surface area contributed by atoms with Crippen molar-refractivity contribution in [1.82, 2.24) is 4.90 Å². The highest BCUT2D eigenvalue weighted by Gasteiger charge is 2.26. The van der Waals surface area contributed by atoms with Crippen LogP contribution in [0.15, 0.2) is 53.4 Å². The van der Waals surface area contributed by atoms with Crippen molar-refractivity contribution in [3.8, 4) is 5.75 Å². The first-order valence-corrected chi connectivity index (χ1v) is 9.85. The highest BCUT2D eigenvalue weighted by molar-refractivity contribution is 7.87. The molecule has 27 heavy (non-hydrogen) atoms. The van der Waals surface area contributed by atoms with Gasteiger partial charge < -0.3 is 18.6 Å². The molecule has 7 nitrogen and oxygen atoms in total. The van der Waals surface area contributed by atoms with Crippen LogP contribution in [-0.4, -0.2) is 46.2 Å². The van der Waals surface area contributed by atoms with Crippen molar-refractivity contribution < 1.29 is 26.9 Å². The molecule has 144 valence electrons. The lowest BCUT2D eigenvalue weighted by Crippen LogP contribution is -2.42. The summed E-state index contributed by atoms with van der Waals surface area (Å²) in [4.78, 5) is 13.3. The third kappa shape index (κ3) is 4.58. The normalized spacial score (nSPS) is 17.4. The zero-order valence-electron chi connectivity index (χ0n) is 15.1. The number of carbonyl (C=O) groups is 1. The molecule has 1 aliphatic heterocycles. The number of aryl methyl sites for hydroxylation is 1. The van der Waals surface area contributed by atoms with Crippen molar-refractivity contribution in [2.75, 3.05) is 26.8 Å². The standard InChI is InChI=1S/C19H21NO6S/c1-14-3-9-17(10-4-14)27(22,23)26-16-7-5-15(6-8-16)18-13-20(11-12-25-18)19(21)24-2/h3-10,18H,11-13H2,1-2H3/t18-/m1/s1. The fourth-order valence-electron chi connectivity index (χ4n) is 2.76. The number of methoxy groups -OCH3 is 1. The van der Waals surface area contributed by atoms with E-state index in [2.05, 4.69) is 0 Å². The zero-order valence-corrected chi connectivity index (χ0v) is 15.9. The summed E-state index contributed by atoms with van der Waals surface area (Å²) < 4.78 is 40.3. The van der Waals surface area contributed by atoms with Gasteiger partial charge in [0.05, 0.1) is 20.3 Å². The van der Waals surface area contributed by atoms with Crippen LogP contribution in [0.4, 0.5) is 4.79 Å². The molecule has 2 aromatic carbocycles. The van der Waals surface area contributed by atoms with E-state index in [1.165, 1.54) is 19.2 Å². The largest absolute Gasteiger partial charge is 0.453 e. The SMILES string of the molecule is COC(=O)N1CCO[C@@H](c2ccc(OS(=O)(=O)c3ccc(C)cc3)cc2)C1. The second kappa shape index (κ2) is 7.98. The van der Waals surface area contributed by atoms with Crippen molar-refractivity contribution in [2.24, 2.45) is 0 Å². The van der Waals surface area contributed by atoms with Crippen LogP contribution in [0, 0.1) is 6.92 Å². The fraction of sp³-hybridized carbons (Fsp3) is 0.316. The number of nitrogens with zero attached hydrogens (tertiary/aromatic N) is 1. The van der Waals surface area contributed by atoms with E-state index in [-0.39, 0.29) is 16.7 Å². The van der Waals surface area contributed by atoms with E-state index in [0.717, 1.165) is 11.1 Å². The summed E-state index contributed by atoms with van der Waals surface area (Å²) in [6.07, 6.45) is -0.701. The number of morpholine rings is 1. The molecule has 8 heteroatoms. The predicted octanol–water partition coefficient (Wildman–Crippen LogP) is 2.90. The summed E-state index contributed by atoms with van der Waals surface area (Å²) in [6.45, 7) is 3.12. The number of amides is 1. The maximum absolute atomic E-state index is 12.3. The summed E-state index contributed by atoms with van der Waals surface area (Å²) >= 11 is 0. The quantitative estimate of drug-likeness (QED) is 0.746. The van der Waals surface area contributed by atoms with Gasteiger partial charge >= 0.3 is 16.2 Å². The Labute approximate surface area is 158 Å². The highest BCUT2D eigenvalue weighted by Crippen LogP contribution is 2.26. The lowest BCUT2D eigenvalue weighted by molar-refractivity contribution is -0.0258. The Morgan fingerprint density at radius 2 is 1.78 bits per heavy atom. The third-order valence-electron chi connectivity index (χ3n) is 4.27. The fourth-order valence-corrected chi connectivity index (χ4v) is 3.69. The van der Waals surface area contributed by atoms with Crippen molar-refractivity contribution in [3.63, 3.8) is 0 Å². The topological polar surface area (TPSA) is 82.1 Å². The van der Waals surface area contributed by atoms with Gasteiger partial charge in [0, 0.05) is 6.54 Å². The Kier molecular flexibility index (Phi) is 5.67. The molecule has 0 N–H and O–H groups in total. The van der Waals surface area contributed by atoms with Gasteiger partial charge in [0.2, 0.25) is 0 Å². The van der Waals surface area contributed by atoms with E-state index in [1.54, 1.807) is 41.3 Å². The molecule has 0 saturated carbocycles. The molecule has 0 aliphatic carbocycles. The van der Waals surface area contributed by atoms with Crippen LogP contribution < -0.4 is 4.18 Å². The van der Waals surface area contributed by atoms with Crippen LogP contribution in [0.5, 0.6) is 5.75 Å². The van der Waals surface area contributed by atoms with E-state index in [1.807, 2.05) is 6.92 Å². The van der Waals surface area contributed by atoms with Gasteiger partial charge in [0.1, 0.15) is 16.7 Å². The minimum Gasteiger partial charge on any atom is -0.453 e. The number of rotatable bonds is 4. The lowest BCUT2D eigenvalue weighted by Gasteiger charge is -2.32. The molecular weight excluding hydrogens is 370 g/mol. The minimum absolute atomic E-state index is 0.0986. The van der Waals surface area contributed by atoms with E-state index < -0.39 is 16.2 Å². The molecule has 1 amide bonds. The Balaban J connectivity index is 1.70. The highest BCUT2D eigenvalue weighted by atomic mass is 32.2. The van der Waals surface area contributed by atoms with Crippen molar-refractivity contribution in [2.45, 2.75) is 17.9 Å². The summed E-state index contributed by atoms with van der Waals surface area (Å²) in [6, 6.07) is 13.0. The number of hydrogen-bond acceptors (Lipinski definition) is 6. The van der Waals surface area contributed by atoms with Gasteiger partial charge in [-0.2, -0.15) is 8.42 Å². The van der Waals surface area contributed by atoms with E-state index >= 15 is 0 Å². The van der Waals surface area contributed by atoms with Gasteiger partial charge in [-0.3, -0.25) is 0 Å². The van der Waals surface area contributed by atoms with Crippen molar-refractivity contribution in [1.29, 1.82) is 0 Å². The van der Waals surface area contributed by atoms with Crippen LogP contribution in [0.1, 0.15) is 17.2 Å². The van der Waals surface area contributed by atoms with Gasteiger partial charge in [-0.05, 0) is 36.8 Å². The number of ether oxygens (including phenoxy) is 2. The Hall–Kier alpha value is -2.58. The van der Waals surface area contributed by atoms with Crippen molar-refractivity contribution >= 4 is 16.2 Å². The summed E-state index contributed by atoms with van der Waals surface area (Å²) in [5.41, 5.74) is 1.79. The second-order valence-corrected chi connectivity index (χ2v) is 7.74. The van der Waals surface area contributed by atoms with Crippen LogP contribution >= 0.6 is 0 Å². The van der Waals surface area contributed by atoms with E-state index in [0.29, 0.717) is 19.7 Å². The molecule has 1 aliphatic rings. The smallest absolute Gasteiger partial charge is 0.409 e. The second-order valence-electron chi connectivity index (χ2n) is 6.20. The van der Waals surface area contributed by atoms with Gasteiger partial charge in [-0.15, -0.1) is 0 Å². The molecule has 2 aromatic rings. The Morgan fingerprint density at radius 3 is 2.41 bits per heavy atom. The molecule has 0 aromatic heterocycles. The first kappa shape index (κ1) is 19.2. The van der Waals surface area contributed by atoms with Gasteiger partial charge in [-0.25, -0.2) is 4.79 Å². The molecule has 1 atom stereocenters. The molecular formula is C19H21NO6S. The summed E-state index contributed by atoms with van der Waals surface area (Å²) in [5.74, 6) is 0.208. The predicted molar refractivity (Wildman–Crippen MR) is 98.1 cm³/mol. The number of carbonyl (C=O) groups excluding carboxylic acids is 1. The van der Waals surface area contributed by atoms with Crippen LogP contribution in [0.25, 0.3) is 0 Å². The minimum atomic E-state index is -3.89. The Bertz CT molecular complexity index is 893. The molecule has 0 spiro atoms. The van der Waals surface area contributed by atoms with E-state index in [4.69, 9.17) is 13.7 Å². The molecule has 0 bridgehead atoms. The molecule has 1 heterocycles. The van der Waals surface area contributed by atoms with Crippen LogP contribution in [0.3, 0.4) is 0 Å². The number of hydrogen-bond donors (Lipinski definition) is 0. The maximum atomic E-state index is 12.3. The van der Waals surface area contributed by atoms with Crippen molar-refractivity contribution in [3.05, 3.63) is 59.7 Å². The van der Waals surface area contributed by atoms with Gasteiger partial charge in [0.25, 0.3) is 0 Å². The molecule has 1 fully saturated rings. The van der Waals surface area contributed by atoms with Crippen LogP contribution in [-0.2, 0) is 19.6 Å². The first-order valence-electron chi connectivity index (χ1n) is 8.44. The monoisotopic (exact) mass is 391 g/mol. The molecule has 3 rings (SSSR count). The third-order valence-corrected chi connectivity index (χ3v) is 5.53. The summed E-state index contributed by atoms with van der Waals surface area (Å²) in [5, 5.41) is 0. The summed E-state index contributed by atoms with van der Waals surface area (Å²) in [7, 11) is -2.55.